The zero-order chi connectivity index (χ0) is 31.0. The molecule has 1 aliphatic carbocycles. The van der Waals surface area contributed by atoms with E-state index in [1.54, 1.807) is 0 Å². The second-order valence-corrected chi connectivity index (χ2v) is 10.9. The van der Waals surface area contributed by atoms with Gasteiger partial charge in [-0.15, -0.1) is 0 Å². The van der Waals surface area contributed by atoms with E-state index in [0.29, 0.717) is 22.5 Å². The molecule has 0 unspecified atom stereocenters. The number of halogens is 2. The van der Waals surface area contributed by atoms with Crippen LogP contribution in [0.5, 0.6) is 0 Å². The van der Waals surface area contributed by atoms with Gasteiger partial charge in [-0.3, -0.25) is 9.59 Å². The molecule has 0 saturated heterocycles. The average Bonchev–Trinajstić information content (AvgIpc) is 3.37. The molecule has 0 bridgehead atoms. The fraction of sp³-hybridized carbons (Fsp3) is 0.0256. The molecule has 0 atom stereocenters. The van der Waals surface area contributed by atoms with Crippen LogP contribution in [0.3, 0.4) is 0 Å². The van der Waals surface area contributed by atoms with Gasteiger partial charge in [-0.1, -0.05) is 72.8 Å². The molecule has 0 radical (unpaired) electrons. The Morgan fingerprint density at radius 2 is 0.800 bits per heavy atom. The van der Waals surface area contributed by atoms with Crippen molar-refractivity contribution in [1.82, 2.24) is 0 Å². The van der Waals surface area contributed by atoms with Crippen molar-refractivity contribution in [2.24, 2.45) is 0 Å². The number of carbonyl (C=O) groups is 2. The maximum atomic E-state index is 13.4. The quantitative estimate of drug-likeness (QED) is 0.203. The predicted octanol–water partition coefficient (Wildman–Crippen LogP) is 8.83. The van der Waals surface area contributed by atoms with Crippen LogP contribution < -0.4 is 10.6 Å². The zero-order valence-electron chi connectivity index (χ0n) is 23.9. The molecular weight excluding hydrogens is 566 g/mol. The fourth-order valence-electron chi connectivity index (χ4n) is 6.24. The van der Waals surface area contributed by atoms with Crippen molar-refractivity contribution in [2.75, 3.05) is 10.6 Å². The van der Waals surface area contributed by atoms with E-state index in [1.807, 2.05) is 72.8 Å². The lowest BCUT2D eigenvalue weighted by atomic mass is 9.67. The Morgan fingerprint density at radius 1 is 0.444 bits per heavy atom. The van der Waals surface area contributed by atoms with E-state index in [1.165, 1.54) is 48.5 Å². The van der Waals surface area contributed by atoms with E-state index in [2.05, 4.69) is 34.9 Å². The Balaban J connectivity index is 1.28. The van der Waals surface area contributed by atoms with Gasteiger partial charge < -0.3 is 10.6 Å². The highest BCUT2D eigenvalue weighted by Crippen LogP contribution is 2.56. The Hall–Kier alpha value is -5.88. The van der Waals surface area contributed by atoms with Gasteiger partial charge in [0.1, 0.15) is 11.6 Å². The zero-order valence-corrected chi connectivity index (χ0v) is 23.9. The number of nitrogens with one attached hydrogen (secondary N) is 2. The first-order valence-electron chi connectivity index (χ1n) is 14.5. The summed E-state index contributed by atoms with van der Waals surface area (Å²) >= 11 is 0. The maximum Gasteiger partial charge on any atom is 0.255 e. The minimum absolute atomic E-state index is 0.327. The van der Waals surface area contributed by atoms with Crippen molar-refractivity contribution in [2.45, 2.75) is 5.41 Å². The predicted molar refractivity (Wildman–Crippen MR) is 172 cm³/mol. The smallest absolute Gasteiger partial charge is 0.255 e. The van der Waals surface area contributed by atoms with Gasteiger partial charge in [0.15, 0.2) is 0 Å². The Morgan fingerprint density at radius 3 is 1.18 bits per heavy atom. The summed E-state index contributed by atoms with van der Waals surface area (Å²) in [7, 11) is 0. The lowest BCUT2D eigenvalue weighted by Gasteiger charge is -2.34. The number of fused-ring (bicyclic) bond motifs is 3. The van der Waals surface area contributed by atoms with E-state index in [-0.39, 0.29) is 11.8 Å². The van der Waals surface area contributed by atoms with Crippen LogP contribution in [-0.2, 0) is 5.41 Å². The summed E-state index contributed by atoms with van der Waals surface area (Å²) in [6, 6.07) is 43.1. The third-order valence-corrected chi connectivity index (χ3v) is 8.32. The number of hydrogen-bond acceptors (Lipinski definition) is 2. The number of carbonyl (C=O) groups excluding carboxylic acids is 2. The number of amides is 2. The number of hydrogen-bond donors (Lipinski definition) is 2. The van der Waals surface area contributed by atoms with Crippen molar-refractivity contribution in [3.63, 3.8) is 0 Å². The largest absolute Gasteiger partial charge is 0.322 e. The van der Waals surface area contributed by atoms with Gasteiger partial charge in [0.05, 0.1) is 5.41 Å². The molecule has 0 spiro atoms. The second kappa shape index (κ2) is 11.3. The lowest BCUT2D eigenvalue weighted by Crippen LogP contribution is -2.28. The second-order valence-electron chi connectivity index (χ2n) is 10.9. The van der Waals surface area contributed by atoms with Gasteiger partial charge in [-0.05, 0) is 106 Å². The molecule has 218 valence electrons. The molecule has 0 fully saturated rings. The van der Waals surface area contributed by atoms with E-state index in [0.717, 1.165) is 33.4 Å². The summed E-state index contributed by atoms with van der Waals surface area (Å²) < 4.78 is 26.7. The first-order chi connectivity index (χ1) is 21.9. The van der Waals surface area contributed by atoms with E-state index in [4.69, 9.17) is 0 Å². The molecule has 0 saturated carbocycles. The molecule has 0 aliphatic heterocycles. The van der Waals surface area contributed by atoms with Crippen molar-refractivity contribution in [3.8, 4) is 11.1 Å². The molecule has 4 nitrogen and oxygen atoms in total. The Kier molecular flexibility index (Phi) is 7.02. The van der Waals surface area contributed by atoms with Crippen LogP contribution in [-0.4, -0.2) is 11.8 Å². The van der Waals surface area contributed by atoms with Crippen molar-refractivity contribution < 1.29 is 18.4 Å². The van der Waals surface area contributed by atoms with Crippen LogP contribution in [0.25, 0.3) is 11.1 Å². The summed E-state index contributed by atoms with van der Waals surface area (Å²) in [5, 5.41) is 5.81. The normalized spacial score (nSPS) is 12.6. The molecule has 0 aromatic heterocycles. The van der Waals surface area contributed by atoms with Gasteiger partial charge in [0.25, 0.3) is 11.8 Å². The van der Waals surface area contributed by atoms with Crippen LogP contribution >= 0.6 is 0 Å². The molecule has 2 N–H and O–H groups in total. The summed E-state index contributed by atoms with van der Waals surface area (Å²) in [6.07, 6.45) is 0. The molecule has 1 aliphatic rings. The third kappa shape index (κ3) is 4.96. The van der Waals surface area contributed by atoms with Gasteiger partial charge in [-0.25, -0.2) is 8.78 Å². The van der Waals surface area contributed by atoms with Crippen molar-refractivity contribution >= 4 is 23.2 Å². The number of benzene rings is 6. The molecule has 6 aromatic carbocycles. The van der Waals surface area contributed by atoms with Gasteiger partial charge in [0.2, 0.25) is 0 Å². The topological polar surface area (TPSA) is 58.2 Å². The number of rotatable bonds is 6. The molecule has 2 amide bonds. The van der Waals surface area contributed by atoms with Crippen LogP contribution in [0.1, 0.15) is 43.0 Å². The summed E-state index contributed by atoms with van der Waals surface area (Å²) in [5.74, 6) is -1.46. The highest BCUT2D eigenvalue weighted by Gasteiger charge is 2.45. The highest BCUT2D eigenvalue weighted by atomic mass is 19.1. The molecule has 6 heteroatoms. The molecular formula is C39H26F2N2O2. The molecule has 6 aromatic rings. The maximum absolute atomic E-state index is 13.4. The van der Waals surface area contributed by atoms with Crippen LogP contribution in [0, 0.1) is 11.6 Å². The van der Waals surface area contributed by atoms with Crippen LogP contribution in [0.2, 0.25) is 0 Å². The SMILES string of the molecule is O=C(Nc1ccc(C2(c3ccc(NC(=O)c4ccc(F)cc4)cc3)c3ccccc3-c3ccccc32)cc1)c1ccc(F)cc1. The molecule has 7 rings (SSSR count). The monoisotopic (exact) mass is 592 g/mol. The molecule has 0 heterocycles. The van der Waals surface area contributed by atoms with Crippen LogP contribution in [0.4, 0.5) is 20.2 Å². The summed E-state index contributed by atoms with van der Waals surface area (Å²) in [6.45, 7) is 0. The van der Waals surface area contributed by atoms with E-state index in [9.17, 15) is 18.4 Å². The first kappa shape index (κ1) is 27.9. The van der Waals surface area contributed by atoms with Crippen LogP contribution in [0.15, 0.2) is 146 Å². The van der Waals surface area contributed by atoms with Gasteiger partial charge >= 0.3 is 0 Å². The fourth-order valence-corrected chi connectivity index (χ4v) is 6.24. The minimum Gasteiger partial charge on any atom is -0.322 e. The minimum atomic E-state index is -0.674. The number of anilines is 2. The Labute approximate surface area is 259 Å². The first-order valence-corrected chi connectivity index (χ1v) is 14.5. The highest BCUT2D eigenvalue weighted by molar-refractivity contribution is 6.05. The van der Waals surface area contributed by atoms with E-state index >= 15 is 0 Å². The Bertz CT molecular complexity index is 1890. The van der Waals surface area contributed by atoms with Crippen molar-refractivity contribution in [1.29, 1.82) is 0 Å². The third-order valence-electron chi connectivity index (χ3n) is 8.32. The summed E-state index contributed by atoms with van der Waals surface area (Å²) in [5.41, 5.74) is 7.80. The van der Waals surface area contributed by atoms with E-state index < -0.39 is 17.0 Å². The summed E-state index contributed by atoms with van der Waals surface area (Å²) in [4.78, 5) is 25.6. The molecule has 45 heavy (non-hydrogen) atoms. The average molecular weight is 593 g/mol. The standard InChI is InChI=1S/C39H26F2N2O2/c40-29-17-9-25(10-18-29)37(44)42-31-21-13-27(14-22-31)39(35-7-3-1-5-33(35)34-6-2-4-8-36(34)39)28-15-23-32(24-16-28)43-38(45)26-11-19-30(41)20-12-26/h1-24H,(H,42,44)(H,43,45). The van der Waals surface area contributed by atoms with Gasteiger partial charge in [0, 0.05) is 22.5 Å². The van der Waals surface area contributed by atoms with Crippen molar-refractivity contribution in [3.05, 3.63) is 191 Å². The van der Waals surface area contributed by atoms with Gasteiger partial charge in [-0.2, -0.15) is 0 Å². The lowest BCUT2D eigenvalue weighted by molar-refractivity contribution is 0.101.